The number of nitrogens with one attached hydrogen (secondary N) is 1. The molecule has 1 atom stereocenters. The molecule has 0 bridgehead atoms. The summed E-state index contributed by atoms with van der Waals surface area (Å²) in [7, 11) is 1.35. The van der Waals surface area contributed by atoms with E-state index in [1.54, 1.807) is 0 Å². The van der Waals surface area contributed by atoms with Crippen LogP contribution in [0, 0.1) is 0 Å². The maximum absolute atomic E-state index is 12.2. The average Bonchev–Trinajstić information content (AvgIpc) is 2.43. The van der Waals surface area contributed by atoms with Crippen LogP contribution >= 0.6 is 0 Å². The van der Waals surface area contributed by atoms with Gasteiger partial charge in [0.1, 0.15) is 0 Å². The fourth-order valence-corrected chi connectivity index (χ4v) is 1.92. The summed E-state index contributed by atoms with van der Waals surface area (Å²) in [4.78, 5) is 26.7. The second-order valence-corrected chi connectivity index (χ2v) is 5.30. The number of methoxy groups -OCH3 is 1. The second-order valence-electron chi connectivity index (χ2n) is 5.30. The second kappa shape index (κ2) is 7.95. The van der Waals surface area contributed by atoms with E-state index in [0.717, 1.165) is 12.3 Å². The van der Waals surface area contributed by atoms with E-state index in [9.17, 15) is 22.8 Å². The van der Waals surface area contributed by atoms with Gasteiger partial charge in [0.15, 0.2) is 6.61 Å². The third-order valence-electron chi connectivity index (χ3n) is 2.80. The number of hydrogen-bond donors (Lipinski definition) is 2. The lowest BCUT2D eigenvalue weighted by Gasteiger charge is -2.28. The molecule has 0 spiro atoms. The zero-order valence-corrected chi connectivity index (χ0v) is 13.0. The number of carbonyl (C=O) groups excluding carboxylic acids is 1. The predicted octanol–water partition coefficient (Wildman–Crippen LogP) is 1.63. The Balaban J connectivity index is 2.84. The smallest absolute Gasteiger partial charge is 0.422 e. The molecular formula is C14H17F3N2O5. The Morgan fingerprint density at radius 3 is 2.54 bits per heavy atom. The lowest BCUT2D eigenvalue weighted by molar-refractivity contribution is -0.154. The maximum Gasteiger partial charge on any atom is 0.422 e. The summed E-state index contributed by atoms with van der Waals surface area (Å²) >= 11 is 0. The Morgan fingerprint density at radius 2 is 2.00 bits per heavy atom. The summed E-state index contributed by atoms with van der Waals surface area (Å²) in [6, 6.07) is 2.30. The number of pyridine rings is 1. The molecule has 0 fully saturated rings. The Morgan fingerprint density at radius 1 is 1.33 bits per heavy atom. The maximum atomic E-state index is 12.2. The quantitative estimate of drug-likeness (QED) is 0.740. The third-order valence-corrected chi connectivity index (χ3v) is 2.80. The van der Waals surface area contributed by atoms with Gasteiger partial charge in [0, 0.05) is 24.9 Å². The van der Waals surface area contributed by atoms with Gasteiger partial charge in [-0.3, -0.25) is 9.59 Å². The van der Waals surface area contributed by atoms with Crippen LogP contribution in [0.2, 0.25) is 0 Å². The molecule has 1 aromatic heterocycles. The summed E-state index contributed by atoms with van der Waals surface area (Å²) in [5.41, 5.74) is -1.21. The highest BCUT2D eigenvalue weighted by molar-refractivity contribution is 5.95. The zero-order valence-electron chi connectivity index (χ0n) is 13.0. The van der Waals surface area contributed by atoms with Crippen LogP contribution in [0.1, 0.15) is 23.7 Å². The van der Waals surface area contributed by atoms with Crippen molar-refractivity contribution < 1.29 is 37.3 Å². The summed E-state index contributed by atoms with van der Waals surface area (Å²) in [6.07, 6.45) is -3.81. The third kappa shape index (κ3) is 6.82. The normalized spacial score (nSPS) is 13.9. The number of aliphatic carboxylic acids is 1. The number of amides is 1. The van der Waals surface area contributed by atoms with Crippen molar-refractivity contribution in [3.05, 3.63) is 23.9 Å². The topological polar surface area (TPSA) is 97.8 Å². The molecule has 2 N–H and O–H groups in total. The van der Waals surface area contributed by atoms with Gasteiger partial charge in [-0.2, -0.15) is 13.2 Å². The molecule has 0 aliphatic carbocycles. The van der Waals surface area contributed by atoms with Crippen LogP contribution in [0.5, 0.6) is 5.88 Å². The van der Waals surface area contributed by atoms with Gasteiger partial charge < -0.3 is 19.9 Å². The first-order valence-electron chi connectivity index (χ1n) is 6.73. The predicted molar refractivity (Wildman–Crippen MR) is 75.8 cm³/mol. The monoisotopic (exact) mass is 350 g/mol. The van der Waals surface area contributed by atoms with Crippen LogP contribution in [-0.2, 0) is 9.53 Å². The van der Waals surface area contributed by atoms with E-state index in [2.05, 4.69) is 15.0 Å². The highest BCUT2D eigenvalue weighted by Crippen LogP contribution is 2.18. The van der Waals surface area contributed by atoms with Gasteiger partial charge >= 0.3 is 12.1 Å². The van der Waals surface area contributed by atoms with Crippen LogP contribution in [0.4, 0.5) is 13.2 Å². The van der Waals surface area contributed by atoms with Crippen molar-refractivity contribution in [3.8, 4) is 5.88 Å². The summed E-state index contributed by atoms with van der Waals surface area (Å²) in [6.45, 7) is -0.121. The van der Waals surface area contributed by atoms with E-state index in [1.807, 2.05) is 0 Å². The number of carboxylic acids is 1. The molecule has 0 saturated carbocycles. The molecule has 24 heavy (non-hydrogen) atoms. The van der Waals surface area contributed by atoms with Crippen LogP contribution in [0.25, 0.3) is 0 Å². The highest BCUT2D eigenvalue weighted by atomic mass is 19.4. The Labute approximate surface area is 135 Å². The first-order chi connectivity index (χ1) is 11.0. The molecule has 1 aromatic rings. The zero-order chi connectivity index (χ0) is 18.4. The van der Waals surface area contributed by atoms with Crippen LogP contribution < -0.4 is 10.1 Å². The number of nitrogens with zero attached hydrogens (tertiary/aromatic N) is 1. The molecule has 1 amide bonds. The number of halogens is 3. The minimum atomic E-state index is -4.53. The number of aromatic nitrogens is 1. The molecule has 0 aliphatic rings. The SMILES string of the molecule is COCC(C)(CC(=O)O)NC(=O)c1ccnc(OCC(F)(F)F)c1. The number of alkyl halides is 3. The van der Waals surface area contributed by atoms with E-state index in [0.29, 0.717) is 0 Å². The molecule has 1 heterocycles. The van der Waals surface area contributed by atoms with Gasteiger partial charge in [0.2, 0.25) is 5.88 Å². The van der Waals surface area contributed by atoms with Crippen molar-refractivity contribution >= 4 is 11.9 Å². The van der Waals surface area contributed by atoms with Crippen LogP contribution in [0.15, 0.2) is 18.3 Å². The van der Waals surface area contributed by atoms with E-state index in [-0.39, 0.29) is 18.1 Å². The molecule has 1 rings (SSSR count). The highest BCUT2D eigenvalue weighted by Gasteiger charge is 2.31. The van der Waals surface area contributed by atoms with Gasteiger partial charge in [-0.15, -0.1) is 0 Å². The fraction of sp³-hybridized carbons (Fsp3) is 0.500. The molecule has 0 saturated heterocycles. The Bertz CT molecular complexity index is 594. The molecule has 0 aliphatic heterocycles. The van der Waals surface area contributed by atoms with Crippen molar-refractivity contribution in [1.82, 2.24) is 10.3 Å². The number of carbonyl (C=O) groups is 2. The summed E-state index contributed by atoms with van der Waals surface area (Å²) in [5, 5.41) is 11.4. The van der Waals surface area contributed by atoms with Gasteiger partial charge in [-0.25, -0.2) is 4.98 Å². The van der Waals surface area contributed by atoms with E-state index in [4.69, 9.17) is 9.84 Å². The molecule has 0 radical (unpaired) electrons. The van der Waals surface area contributed by atoms with Crippen LogP contribution in [-0.4, -0.2) is 54.0 Å². The van der Waals surface area contributed by atoms with Crippen molar-refractivity contribution in [2.75, 3.05) is 20.3 Å². The molecule has 1 unspecified atom stereocenters. The Kier molecular flexibility index (Phi) is 6.52. The molecule has 134 valence electrons. The minimum Gasteiger partial charge on any atom is -0.481 e. The lowest BCUT2D eigenvalue weighted by Crippen LogP contribution is -2.50. The van der Waals surface area contributed by atoms with E-state index in [1.165, 1.54) is 20.1 Å². The van der Waals surface area contributed by atoms with Gasteiger partial charge in [-0.1, -0.05) is 0 Å². The molecular weight excluding hydrogens is 333 g/mol. The van der Waals surface area contributed by atoms with E-state index >= 15 is 0 Å². The van der Waals surface area contributed by atoms with Gasteiger partial charge in [0.25, 0.3) is 5.91 Å². The first kappa shape index (κ1) is 19.7. The van der Waals surface area contributed by atoms with Crippen molar-refractivity contribution in [2.24, 2.45) is 0 Å². The van der Waals surface area contributed by atoms with Crippen LogP contribution in [0.3, 0.4) is 0 Å². The number of ether oxygens (including phenoxy) is 2. The number of carboxylic acid groups (broad SMARTS) is 1. The largest absolute Gasteiger partial charge is 0.481 e. The van der Waals surface area contributed by atoms with E-state index < -0.39 is 36.6 Å². The molecule has 10 heteroatoms. The standard InChI is InChI=1S/C14H17F3N2O5/c1-13(7-23-2,6-11(20)21)19-12(22)9-3-4-18-10(5-9)24-8-14(15,16)17/h3-5H,6-8H2,1-2H3,(H,19,22)(H,20,21). The van der Waals surface area contributed by atoms with Gasteiger partial charge in [0.05, 0.1) is 18.6 Å². The first-order valence-corrected chi connectivity index (χ1v) is 6.73. The number of hydrogen-bond acceptors (Lipinski definition) is 5. The molecule has 7 nitrogen and oxygen atoms in total. The van der Waals surface area contributed by atoms with Crippen molar-refractivity contribution in [2.45, 2.75) is 25.1 Å². The van der Waals surface area contributed by atoms with Crippen molar-refractivity contribution in [1.29, 1.82) is 0 Å². The summed E-state index contributed by atoms with van der Waals surface area (Å²) < 4.78 is 45.8. The Hall–Kier alpha value is -2.36. The lowest BCUT2D eigenvalue weighted by atomic mass is 9.98. The average molecular weight is 350 g/mol. The number of rotatable bonds is 8. The fourth-order valence-electron chi connectivity index (χ4n) is 1.92. The van der Waals surface area contributed by atoms with Crippen molar-refractivity contribution in [3.63, 3.8) is 0 Å². The minimum absolute atomic E-state index is 0.0186. The summed E-state index contributed by atoms with van der Waals surface area (Å²) in [5.74, 6) is -2.19. The molecule has 0 aromatic carbocycles. The van der Waals surface area contributed by atoms with Gasteiger partial charge in [-0.05, 0) is 13.0 Å².